The molecular weight excluding hydrogens is 394 g/mol. The number of hydrogen-bond donors (Lipinski definition) is 1. The monoisotopic (exact) mass is 420 g/mol. The fraction of sp³-hybridized carbons (Fsp3) is 0.455. The first-order valence-electron chi connectivity index (χ1n) is 9.80. The lowest BCUT2D eigenvalue weighted by Gasteiger charge is -2.37. The summed E-state index contributed by atoms with van der Waals surface area (Å²) >= 11 is 0. The molecule has 0 bridgehead atoms. The van der Waals surface area contributed by atoms with Crippen LogP contribution in [-0.4, -0.2) is 52.0 Å². The molecule has 1 saturated heterocycles. The molecule has 2 aromatic rings. The average molecular weight is 420 g/mol. The van der Waals surface area contributed by atoms with Crippen LogP contribution in [-0.2, 0) is 16.0 Å². The molecule has 1 N–H and O–H groups in total. The highest BCUT2D eigenvalue weighted by Crippen LogP contribution is 2.26. The van der Waals surface area contributed by atoms with Crippen LogP contribution < -0.4 is 0 Å². The maximum Gasteiger partial charge on any atom is 0.411 e. The molecule has 6 nitrogen and oxygen atoms in total. The van der Waals surface area contributed by atoms with Gasteiger partial charge in [-0.25, -0.2) is 13.6 Å². The van der Waals surface area contributed by atoms with Crippen molar-refractivity contribution in [1.82, 2.24) is 9.88 Å². The van der Waals surface area contributed by atoms with E-state index in [1.165, 1.54) is 29.3 Å². The normalized spacial score (nSPS) is 19.4. The van der Waals surface area contributed by atoms with Gasteiger partial charge in [0.05, 0.1) is 36.6 Å². The van der Waals surface area contributed by atoms with Crippen molar-refractivity contribution in [3.05, 3.63) is 53.9 Å². The van der Waals surface area contributed by atoms with E-state index in [0.717, 1.165) is 0 Å². The lowest BCUT2D eigenvalue weighted by atomic mass is 10.0. The van der Waals surface area contributed by atoms with Crippen molar-refractivity contribution >= 4 is 6.09 Å². The first kappa shape index (κ1) is 22.1. The van der Waals surface area contributed by atoms with Gasteiger partial charge in [-0.3, -0.25) is 9.88 Å². The molecule has 30 heavy (non-hydrogen) atoms. The maximum absolute atomic E-state index is 14.0. The molecule has 0 aliphatic carbocycles. The number of rotatable bonds is 4. The highest BCUT2D eigenvalue weighted by atomic mass is 19.1. The second-order valence-electron chi connectivity index (χ2n) is 8.24. The third kappa shape index (κ3) is 5.31. The molecule has 1 aromatic heterocycles. The van der Waals surface area contributed by atoms with E-state index in [1.807, 2.05) is 0 Å². The van der Waals surface area contributed by atoms with Gasteiger partial charge >= 0.3 is 6.09 Å². The minimum Gasteiger partial charge on any atom is -0.444 e. The fourth-order valence-electron chi connectivity index (χ4n) is 3.26. The van der Waals surface area contributed by atoms with Gasteiger partial charge in [-0.2, -0.15) is 0 Å². The Morgan fingerprint density at radius 1 is 1.27 bits per heavy atom. The molecule has 1 amide bonds. The molecule has 0 saturated carbocycles. The summed E-state index contributed by atoms with van der Waals surface area (Å²) in [5, 5.41) is 10.4. The smallest absolute Gasteiger partial charge is 0.411 e. The minimum absolute atomic E-state index is 0.0556. The minimum atomic E-state index is -0.752. The molecule has 1 fully saturated rings. The van der Waals surface area contributed by atoms with Crippen LogP contribution in [0.1, 0.15) is 32.9 Å². The molecule has 2 atom stereocenters. The molecule has 1 aliphatic rings. The number of ether oxygens (including phenoxy) is 2. The van der Waals surface area contributed by atoms with Gasteiger partial charge in [0.2, 0.25) is 0 Å². The van der Waals surface area contributed by atoms with Gasteiger partial charge in [0.15, 0.2) is 0 Å². The van der Waals surface area contributed by atoms with E-state index in [4.69, 9.17) is 9.47 Å². The summed E-state index contributed by atoms with van der Waals surface area (Å²) < 4.78 is 39.0. The zero-order chi connectivity index (χ0) is 21.9. The quantitative estimate of drug-likeness (QED) is 0.812. The first-order valence-corrected chi connectivity index (χ1v) is 9.80. The lowest BCUT2D eigenvalue weighted by Crippen LogP contribution is -2.53. The van der Waals surface area contributed by atoms with E-state index in [9.17, 15) is 18.7 Å². The van der Waals surface area contributed by atoms with E-state index >= 15 is 0 Å². The Kier molecular flexibility index (Phi) is 6.67. The number of carbonyl (C=O) groups excluding carboxylic acids is 1. The van der Waals surface area contributed by atoms with Crippen LogP contribution in [0.3, 0.4) is 0 Å². The van der Waals surface area contributed by atoms with Gasteiger partial charge in [0.25, 0.3) is 0 Å². The van der Waals surface area contributed by atoms with E-state index < -0.39 is 35.5 Å². The van der Waals surface area contributed by atoms with Crippen molar-refractivity contribution in [1.29, 1.82) is 0 Å². The molecule has 2 heterocycles. The van der Waals surface area contributed by atoms with Crippen molar-refractivity contribution in [2.45, 2.75) is 51.5 Å². The van der Waals surface area contributed by atoms with Crippen LogP contribution in [0, 0.1) is 11.6 Å². The summed E-state index contributed by atoms with van der Waals surface area (Å²) in [4.78, 5) is 18.5. The van der Waals surface area contributed by atoms with Crippen molar-refractivity contribution in [3.8, 4) is 11.1 Å². The van der Waals surface area contributed by atoms with Crippen molar-refractivity contribution in [2.75, 3.05) is 13.2 Å². The average Bonchev–Trinajstić information content (AvgIpc) is 2.66. The van der Waals surface area contributed by atoms with E-state index in [-0.39, 0.29) is 18.7 Å². The molecule has 1 aliphatic heterocycles. The Balaban J connectivity index is 1.84. The number of aromatic nitrogens is 1. The molecule has 1 unspecified atom stereocenters. The zero-order valence-corrected chi connectivity index (χ0v) is 17.3. The van der Waals surface area contributed by atoms with Crippen molar-refractivity contribution in [3.63, 3.8) is 0 Å². The molecular formula is C22H26F2N2O4. The molecule has 3 rings (SSSR count). The number of halogens is 2. The van der Waals surface area contributed by atoms with Crippen LogP contribution in [0.25, 0.3) is 11.1 Å². The predicted octanol–water partition coefficient (Wildman–Crippen LogP) is 3.91. The number of pyridine rings is 1. The van der Waals surface area contributed by atoms with Gasteiger partial charge in [-0.1, -0.05) is 12.1 Å². The number of amides is 1. The summed E-state index contributed by atoms with van der Waals surface area (Å²) in [6.07, 6.45) is 0.418. The molecule has 0 spiro atoms. The topological polar surface area (TPSA) is 71.9 Å². The maximum atomic E-state index is 14.0. The van der Waals surface area contributed by atoms with Crippen LogP contribution >= 0.6 is 0 Å². The highest BCUT2D eigenvalue weighted by molar-refractivity contribution is 5.69. The highest BCUT2D eigenvalue weighted by Gasteiger charge is 2.35. The van der Waals surface area contributed by atoms with Gasteiger partial charge in [0, 0.05) is 18.4 Å². The number of nitrogens with zero attached hydrogens (tertiary/aromatic N) is 2. The number of aliphatic hydroxyl groups is 1. The van der Waals surface area contributed by atoms with Crippen LogP contribution in [0.4, 0.5) is 13.6 Å². The zero-order valence-electron chi connectivity index (χ0n) is 17.3. The Labute approximate surface area is 174 Å². The largest absolute Gasteiger partial charge is 0.444 e. The van der Waals surface area contributed by atoms with Gasteiger partial charge in [-0.15, -0.1) is 0 Å². The van der Waals surface area contributed by atoms with Crippen LogP contribution in [0.15, 0.2) is 36.5 Å². The summed E-state index contributed by atoms with van der Waals surface area (Å²) in [5.41, 5.74) is -0.0925. The fourth-order valence-corrected chi connectivity index (χ4v) is 3.26. The van der Waals surface area contributed by atoms with Crippen molar-refractivity contribution < 1.29 is 28.2 Å². The number of carbonyl (C=O) groups is 1. The van der Waals surface area contributed by atoms with E-state index in [2.05, 4.69) is 4.98 Å². The number of benzene rings is 1. The summed E-state index contributed by atoms with van der Waals surface area (Å²) in [6, 6.07) is 6.22. The second kappa shape index (κ2) is 9.06. The Morgan fingerprint density at radius 3 is 2.53 bits per heavy atom. The van der Waals surface area contributed by atoms with E-state index in [1.54, 1.807) is 32.9 Å². The number of hydrogen-bond acceptors (Lipinski definition) is 5. The summed E-state index contributed by atoms with van der Waals surface area (Å²) in [6.45, 7) is 5.92. The number of aliphatic hydroxyl groups excluding tert-OH is 1. The van der Waals surface area contributed by atoms with Crippen LogP contribution in [0.5, 0.6) is 0 Å². The third-order valence-electron chi connectivity index (χ3n) is 4.73. The standard InChI is InChI=1S/C22H26F2N2O4/c1-22(2,3)30-21(28)26(18-13-29-10-9-19(18)27)12-15-8-7-14(11-25-15)20-16(23)5-4-6-17(20)24/h4-8,11,18-19,27H,9-10,12-13H2,1-3H3/t18?,19-/m1/s1. The Hall–Kier alpha value is -2.58. The second-order valence-corrected chi connectivity index (χ2v) is 8.24. The summed E-state index contributed by atoms with van der Waals surface area (Å²) in [5.74, 6) is -1.36. The third-order valence-corrected chi connectivity index (χ3v) is 4.73. The molecule has 1 aromatic carbocycles. The van der Waals surface area contributed by atoms with Gasteiger partial charge in [-0.05, 0) is 45.4 Å². The Morgan fingerprint density at radius 2 is 1.97 bits per heavy atom. The molecule has 0 radical (unpaired) electrons. The summed E-state index contributed by atoms with van der Waals surface area (Å²) in [7, 11) is 0. The molecule has 162 valence electrons. The van der Waals surface area contributed by atoms with Gasteiger partial charge in [0.1, 0.15) is 17.2 Å². The predicted molar refractivity (Wildman–Crippen MR) is 107 cm³/mol. The Bertz CT molecular complexity index is 863. The SMILES string of the molecule is CC(C)(C)OC(=O)N(Cc1ccc(-c2c(F)cccc2F)cn1)C1COCC[C@H]1O. The van der Waals surface area contributed by atoms with Gasteiger partial charge < -0.3 is 14.6 Å². The van der Waals surface area contributed by atoms with Crippen molar-refractivity contribution in [2.24, 2.45) is 0 Å². The lowest BCUT2D eigenvalue weighted by molar-refractivity contribution is -0.0695. The first-order chi connectivity index (χ1) is 14.2. The van der Waals surface area contributed by atoms with Crippen LogP contribution in [0.2, 0.25) is 0 Å². The van der Waals surface area contributed by atoms with E-state index in [0.29, 0.717) is 24.3 Å². The molecule has 8 heteroatoms.